The van der Waals surface area contributed by atoms with Crippen LogP contribution in [0.3, 0.4) is 0 Å². The first-order valence-corrected chi connectivity index (χ1v) is 10.2. The third-order valence-corrected chi connectivity index (χ3v) is 5.51. The molecule has 0 aliphatic heterocycles. The summed E-state index contributed by atoms with van der Waals surface area (Å²) in [5, 5.41) is 3.70. The maximum atomic E-state index is 4.82. The predicted octanol–water partition coefficient (Wildman–Crippen LogP) is 4.43. The van der Waals surface area contributed by atoms with Crippen LogP contribution in [0.1, 0.15) is 35.7 Å². The molecule has 0 unspecified atom stereocenters. The number of thioether (sulfide) groups is 1. The summed E-state index contributed by atoms with van der Waals surface area (Å²) in [5.41, 5.74) is 4.70. The minimum absolute atomic E-state index is 0.319. The minimum atomic E-state index is 0.319. The van der Waals surface area contributed by atoms with Crippen molar-refractivity contribution in [3.8, 4) is 11.4 Å². The number of fused-ring (bicyclic) bond motifs is 1. The van der Waals surface area contributed by atoms with E-state index < -0.39 is 0 Å². The summed E-state index contributed by atoms with van der Waals surface area (Å²) in [7, 11) is 0. The number of aromatic nitrogens is 3. The molecule has 0 saturated carbocycles. The highest BCUT2D eigenvalue weighted by atomic mass is 32.2. The van der Waals surface area contributed by atoms with Crippen molar-refractivity contribution in [3.05, 3.63) is 71.8 Å². The number of rotatable bonds is 5. The van der Waals surface area contributed by atoms with Gasteiger partial charge in [0, 0.05) is 52.9 Å². The molecule has 26 heavy (non-hydrogen) atoms. The maximum Gasteiger partial charge on any atom is 0.160 e. The van der Waals surface area contributed by atoms with E-state index >= 15 is 0 Å². The van der Waals surface area contributed by atoms with Gasteiger partial charge in [-0.3, -0.25) is 4.98 Å². The lowest BCUT2D eigenvalue weighted by molar-refractivity contribution is 0.452. The molecule has 4 nitrogen and oxygen atoms in total. The van der Waals surface area contributed by atoms with Gasteiger partial charge in [0.1, 0.15) is 0 Å². The van der Waals surface area contributed by atoms with E-state index in [1.165, 1.54) is 21.7 Å². The molecule has 0 radical (unpaired) electrons. The van der Waals surface area contributed by atoms with Crippen molar-refractivity contribution in [2.24, 2.45) is 0 Å². The summed E-state index contributed by atoms with van der Waals surface area (Å²) in [5.74, 6) is 0.769. The fraction of sp³-hybridized carbons (Fsp3) is 0.286. The predicted molar refractivity (Wildman–Crippen MR) is 106 cm³/mol. The summed E-state index contributed by atoms with van der Waals surface area (Å²) in [6.07, 6.45) is 11.0. The zero-order valence-electron chi connectivity index (χ0n) is 14.9. The third kappa shape index (κ3) is 3.79. The Bertz CT molecular complexity index is 882. The van der Waals surface area contributed by atoms with Gasteiger partial charge in [0.2, 0.25) is 0 Å². The van der Waals surface area contributed by atoms with Gasteiger partial charge in [-0.1, -0.05) is 12.1 Å². The molecular formula is C21H22N4S. The summed E-state index contributed by atoms with van der Waals surface area (Å²) < 4.78 is 0. The zero-order valence-corrected chi connectivity index (χ0v) is 15.7. The molecule has 2 aromatic heterocycles. The van der Waals surface area contributed by atoms with Crippen LogP contribution in [0.4, 0.5) is 0 Å². The maximum absolute atomic E-state index is 4.82. The third-order valence-electron chi connectivity index (χ3n) is 4.79. The summed E-state index contributed by atoms with van der Waals surface area (Å²) in [4.78, 5) is 14.9. The van der Waals surface area contributed by atoms with E-state index in [0.29, 0.717) is 6.04 Å². The van der Waals surface area contributed by atoms with Crippen LogP contribution in [0.15, 0.2) is 59.9 Å². The lowest BCUT2D eigenvalue weighted by atomic mass is 9.92. The molecule has 1 aliphatic rings. The Morgan fingerprint density at radius 2 is 2.15 bits per heavy atom. The largest absolute Gasteiger partial charge is 0.306 e. The molecule has 4 rings (SSSR count). The van der Waals surface area contributed by atoms with E-state index in [9.17, 15) is 0 Å². The Balaban J connectivity index is 1.52. The monoisotopic (exact) mass is 362 g/mol. The highest BCUT2D eigenvalue weighted by Crippen LogP contribution is 2.30. The minimum Gasteiger partial charge on any atom is -0.306 e. The molecule has 132 valence electrons. The van der Waals surface area contributed by atoms with Gasteiger partial charge in [0.25, 0.3) is 0 Å². The molecule has 0 saturated heterocycles. The quantitative estimate of drug-likeness (QED) is 0.681. The molecule has 0 amide bonds. The normalized spacial score (nSPS) is 16.3. The molecule has 0 fully saturated rings. The molecular weight excluding hydrogens is 340 g/mol. The molecule has 1 aromatic carbocycles. The Hall–Kier alpha value is -2.24. The Labute approximate surface area is 158 Å². The van der Waals surface area contributed by atoms with Crippen molar-refractivity contribution < 1.29 is 0 Å². The number of pyridine rings is 1. The number of aryl methyl sites for hydroxylation is 1. The van der Waals surface area contributed by atoms with Crippen molar-refractivity contribution in [2.45, 2.75) is 36.7 Å². The molecule has 0 bridgehead atoms. The Kier molecular flexibility index (Phi) is 5.27. The standard InChI is InChI=1S/C21H22N4S/c1-26-17-7-2-5-15(11-17)12-23-19-8-3-9-20-18(19)14-24-21(25-20)16-6-4-10-22-13-16/h2,4-7,10-11,13-14,19,23H,3,8-9,12H2,1H3/t19-/m1/s1. The van der Waals surface area contributed by atoms with Gasteiger partial charge in [-0.25, -0.2) is 9.97 Å². The van der Waals surface area contributed by atoms with Gasteiger partial charge < -0.3 is 5.32 Å². The number of nitrogens with one attached hydrogen (secondary N) is 1. The van der Waals surface area contributed by atoms with E-state index in [2.05, 4.69) is 45.8 Å². The number of hydrogen-bond donors (Lipinski definition) is 1. The number of nitrogens with zero attached hydrogens (tertiary/aromatic N) is 3. The zero-order chi connectivity index (χ0) is 17.8. The van der Waals surface area contributed by atoms with E-state index in [0.717, 1.165) is 37.2 Å². The van der Waals surface area contributed by atoms with Crippen LogP contribution in [0.25, 0.3) is 11.4 Å². The van der Waals surface area contributed by atoms with Gasteiger partial charge in [-0.2, -0.15) is 0 Å². The second kappa shape index (κ2) is 7.98. The molecule has 3 aromatic rings. The Morgan fingerprint density at radius 3 is 3.00 bits per heavy atom. The average molecular weight is 363 g/mol. The van der Waals surface area contributed by atoms with E-state index in [4.69, 9.17) is 4.98 Å². The molecule has 2 heterocycles. The van der Waals surface area contributed by atoms with Crippen LogP contribution in [0.5, 0.6) is 0 Å². The Morgan fingerprint density at radius 1 is 1.19 bits per heavy atom. The summed E-state index contributed by atoms with van der Waals surface area (Å²) in [6.45, 7) is 0.864. The highest BCUT2D eigenvalue weighted by molar-refractivity contribution is 7.98. The van der Waals surface area contributed by atoms with Crippen molar-refractivity contribution in [3.63, 3.8) is 0 Å². The van der Waals surface area contributed by atoms with Crippen LogP contribution in [-0.2, 0) is 13.0 Å². The number of hydrogen-bond acceptors (Lipinski definition) is 5. The van der Waals surface area contributed by atoms with Crippen LogP contribution in [0, 0.1) is 0 Å². The van der Waals surface area contributed by atoms with Gasteiger partial charge >= 0.3 is 0 Å². The molecule has 1 N–H and O–H groups in total. The number of benzene rings is 1. The molecule has 0 spiro atoms. The average Bonchev–Trinajstić information content (AvgIpc) is 2.72. The topological polar surface area (TPSA) is 50.7 Å². The van der Waals surface area contributed by atoms with Crippen LogP contribution in [-0.4, -0.2) is 21.2 Å². The van der Waals surface area contributed by atoms with Gasteiger partial charge in [0.15, 0.2) is 5.82 Å². The van der Waals surface area contributed by atoms with Crippen LogP contribution >= 0.6 is 11.8 Å². The van der Waals surface area contributed by atoms with Gasteiger partial charge in [-0.05, 0) is 55.3 Å². The lowest BCUT2D eigenvalue weighted by Crippen LogP contribution is -2.26. The fourth-order valence-electron chi connectivity index (χ4n) is 3.42. The fourth-order valence-corrected chi connectivity index (χ4v) is 3.90. The first-order chi connectivity index (χ1) is 12.8. The van der Waals surface area contributed by atoms with Crippen LogP contribution in [0.2, 0.25) is 0 Å². The molecule has 1 atom stereocenters. The van der Waals surface area contributed by atoms with E-state index in [1.54, 1.807) is 18.0 Å². The summed E-state index contributed by atoms with van der Waals surface area (Å²) >= 11 is 1.78. The van der Waals surface area contributed by atoms with E-state index in [1.807, 2.05) is 24.5 Å². The van der Waals surface area contributed by atoms with Crippen molar-refractivity contribution in [1.82, 2.24) is 20.3 Å². The van der Waals surface area contributed by atoms with Gasteiger partial charge in [0.05, 0.1) is 0 Å². The van der Waals surface area contributed by atoms with Crippen molar-refractivity contribution in [1.29, 1.82) is 0 Å². The summed E-state index contributed by atoms with van der Waals surface area (Å²) in [6, 6.07) is 13.0. The second-order valence-corrected chi connectivity index (χ2v) is 7.39. The highest BCUT2D eigenvalue weighted by Gasteiger charge is 2.22. The molecule has 1 aliphatic carbocycles. The van der Waals surface area contributed by atoms with Crippen molar-refractivity contribution >= 4 is 11.8 Å². The smallest absolute Gasteiger partial charge is 0.160 e. The molecule has 5 heteroatoms. The van der Waals surface area contributed by atoms with E-state index in [-0.39, 0.29) is 0 Å². The van der Waals surface area contributed by atoms with Gasteiger partial charge in [-0.15, -0.1) is 11.8 Å². The first-order valence-electron chi connectivity index (χ1n) is 8.96. The second-order valence-electron chi connectivity index (χ2n) is 6.51. The SMILES string of the molecule is CSc1cccc(CN[C@@H]2CCCc3nc(-c4cccnc4)ncc32)c1. The lowest BCUT2D eigenvalue weighted by Gasteiger charge is -2.26. The van der Waals surface area contributed by atoms with Crippen molar-refractivity contribution in [2.75, 3.05) is 6.26 Å². The van der Waals surface area contributed by atoms with Crippen LogP contribution < -0.4 is 5.32 Å². The first kappa shape index (κ1) is 17.2.